The molecule has 0 bridgehead atoms. The molecular weight excluding hydrogens is 253 g/mol. The molecule has 0 unspecified atom stereocenters. The molecule has 1 aromatic heterocycles. The maximum absolute atomic E-state index is 13.1. The minimum atomic E-state index is -0.234. The normalized spacial score (nSPS) is 15.5. The van der Waals surface area contributed by atoms with Crippen LogP contribution in [0, 0.1) is 5.82 Å². The van der Waals surface area contributed by atoms with Crippen molar-refractivity contribution in [2.45, 2.75) is 0 Å². The van der Waals surface area contributed by atoms with Crippen LogP contribution in [0.15, 0.2) is 30.5 Å². The van der Waals surface area contributed by atoms with Crippen LogP contribution in [0.5, 0.6) is 0 Å². The summed E-state index contributed by atoms with van der Waals surface area (Å²) in [5.74, 6) is -0.234. The Hall–Kier alpha value is -1.39. The van der Waals surface area contributed by atoms with Crippen LogP contribution in [-0.2, 0) is 0 Å². The van der Waals surface area contributed by atoms with Gasteiger partial charge >= 0.3 is 0 Å². The zero-order valence-corrected chi connectivity index (χ0v) is 10.7. The fourth-order valence-electron chi connectivity index (χ4n) is 2.29. The van der Waals surface area contributed by atoms with Crippen LogP contribution < -0.4 is 10.2 Å². The van der Waals surface area contributed by atoms with E-state index in [-0.39, 0.29) is 18.2 Å². The summed E-state index contributed by atoms with van der Waals surface area (Å²) in [6, 6.07) is 6.80. The first-order valence-corrected chi connectivity index (χ1v) is 5.84. The lowest BCUT2D eigenvalue weighted by Gasteiger charge is -2.30. The highest BCUT2D eigenvalue weighted by Crippen LogP contribution is 2.25. The lowest BCUT2D eigenvalue weighted by atomic mass is 10.1. The van der Waals surface area contributed by atoms with Gasteiger partial charge in [-0.15, -0.1) is 12.4 Å². The van der Waals surface area contributed by atoms with E-state index in [9.17, 15) is 4.39 Å². The molecule has 1 N–H and O–H groups in total. The number of piperazine rings is 1. The van der Waals surface area contributed by atoms with Crippen LogP contribution in [0.4, 0.5) is 10.1 Å². The lowest BCUT2D eigenvalue weighted by molar-refractivity contribution is 0.590. The van der Waals surface area contributed by atoms with E-state index in [0.29, 0.717) is 0 Å². The van der Waals surface area contributed by atoms with Gasteiger partial charge in [-0.05, 0) is 18.2 Å². The summed E-state index contributed by atoms with van der Waals surface area (Å²) in [6.07, 6.45) is 1.75. The highest BCUT2D eigenvalue weighted by atomic mass is 35.5. The SMILES string of the molecule is Cl.Fc1ccc2c(N3CCNCC3)ccnc2c1. The average molecular weight is 268 g/mol. The van der Waals surface area contributed by atoms with Crippen LogP contribution in [0.2, 0.25) is 0 Å². The number of nitrogens with one attached hydrogen (secondary N) is 1. The molecule has 1 fully saturated rings. The predicted molar refractivity (Wildman–Crippen MR) is 74.0 cm³/mol. The van der Waals surface area contributed by atoms with Gasteiger partial charge in [-0.2, -0.15) is 0 Å². The number of hydrogen-bond donors (Lipinski definition) is 1. The van der Waals surface area contributed by atoms with Crippen LogP contribution in [0.25, 0.3) is 10.9 Å². The van der Waals surface area contributed by atoms with Gasteiger partial charge < -0.3 is 10.2 Å². The molecule has 1 saturated heterocycles. The second-order valence-corrected chi connectivity index (χ2v) is 4.23. The Labute approximate surface area is 111 Å². The van der Waals surface area contributed by atoms with Crippen LogP contribution >= 0.6 is 12.4 Å². The van der Waals surface area contributed by atoms with E-state index in [1.165, 1.54) is 12.1 Å². The molecule has 5 heteroatoms. The number of benzene rings is 1. The van der Waals surface area contributed by atoms with E-state index in [0.717, 1.165) is 42.8 Å². The van der Waals surface area contributed by atoms with Crippen LogP contribution in [0.3, 0.4) is 0 Å². The number of halogens is 2. The molecule has 2 aromatic rings. The molecule has 3 rings (SSSR count). The van der Waals surface area contributed by atoms with E-state index in [1.54, 1.807) is 6.20 Å². The zero-order valence-electron chi connectivity index (χ0n) is 9.90. The fourth-order valence-corrected chi connectivity index (χ4v) is 2.29. The largest absolute Gasteiger partial charge is 0.368 e. The van der Waals surface area contributed by atoms with Crippen molar-refractivity contribution in [1.82, 2.24) is 10.3 Å². The van der Waals surface area contributed by atoms with Crippen molar-refractivity contribution in [2.24, 2.45) is 0 Å². The quantitative estimate of drug-likeness (QED) is 0.859. The summed E-state index contributed by atoms with van der Waals surface area (Å²) >= 11 is 0. The Morgan fingerprint density at radius 3 is 2.72 bits per heavy atom. The third kappa shape index (κ3) is 2.40. The molecule has 0 amide bonds. The van der Waals surface area contributed by atoms with E-state index in [2.05, 4.69) is 15.2 Å². The van der Waals surface area contributed by atoms with Gasteiger partial charge in [0.15, 0.2) is 0 Å². The third-order valence-electron chi connectivity index (χ3n) is 3.14. The molecule has 0 radical (unpaired) electrons. The summed E-state index contributed by atoms with van der Waals surface area (Å²) in [7, 11) is 0. The molecule has 18 heavy (non-hydrogen) atoms. The average Bonchev–Trinajstić information content (AvgIpc) is 2.39. The monoisotopic (exact) mass is 267 g/mol. The molecule has 2 heterocycles. The topological polar surface area (TPSA) is 28.2 Å². The molecule has 0 aliphatic carbocycles. The number of pyridine rings is 1. The van der Waals surface area contributed by atoms with Gasteiger partial charge in [0, 0.05) is 49.5 Å². The zero-order chi connectivity index (χ0) is 11.7. The highest BCUT2D eigenvalue weighted by Gasteiger charge is 2.13. The Kier molecular flexibility index (Phi) is 3.99. The first-order valence-electron chi connectivity index (χ1n) is 5.84. The van der Waals surface area contributed by atoms with Gasteiger partial charge in [0.05, 0.1) is 5.52 Å². The van der Waals surface area contributed by atoms with E-state index < -0.39 is 0 Å². The van der Waals surface area contributed by atoms with Gasteiger partial charge in [0.2, 0.25) is 0 Å². The number of anilines is 1. The molecule has 0 saturated carbocycles. The maximum Gasteiger partial charge on any atom is 0.125 e. The summed E-state index contributed by atoms with van der Waals surface area (Å²) in [6.45, 7) is 3.95. The molecule has 3 nitrogen and oxygen atoms in total. The Balaban J connectivity index is 0.00000120. The second kappa shape index (κ2) is 5.50. The summed E-state index contributed by atoms with van der Waals surface area (Å²) in [5, 5.41) is 4.35. The molecule has 96 valence electrons. The van der Waals surface area contributed by atoms with Crippen LogP contribution in [-0.4, -0.2) is 31.2 Å². The van der Waals surface area contributed by atoms with Crippen LogP contribution in [0.1, 0.15) is 0 Å². The van der Waals surface area contributed by atoms with Crippen molar-refractivity contribution in [3.05, 3.63) is 36.3 Å². The number of aromatic nitrogens is 1. The van der Waals surface area contributed by atoms with Crippen molar-refractivity contribution < 1.29 is 4.39 Å². The van der Waals surface area contributed by atoms with Gasteiger partial charge in [-0.3, -0.25) is 4.98 Å². The molecule has 1 aliphatic heterocycles. The van der Waals surface area contributed by atoms with Crippen molar-refractivity contribution >= 4 is 29.0 Å². The maximum atomic E-state index is 13.1. The molecule has 1 aromatic carbocycles. The van der Waals surface area contributed by atoms with Crippen molar-refractivity contribution in [1.29, 1.82) is 0 Å². The standard InChI is InChI=1S/C13H14FN3.ClH/c14-10-1-2-11-12(9-10)16-4-3-13(11)17-7-5-15-6-8-17;/h1-4,9,15H,5-8H2;1H. The summed E-state index contributed by atoms with van der Waals surface area (Å²) in [5.41, 5.74) is 1.87. The number of hydrogen-bond acceptors (Lipinski definition) is 3. The molecule has 0 atom stereocenters. The van der Waals surface area contributed by atoms with E-state index in [1.807, 2.05) is 12.1 Å². The third-order valence-corrected chi connectivity index (χ3v) is 3.14. The van der Waals surface area contributed by atoms with Crippen molar-refractivity contribution in [3.63, 3.8) is 0 Å². The minimum absolute atomic E-state index is 0. The molecular formula is C13H15ClFN3. The Morgan fingerprint density at radius 1 is 1.17 bits per heavy atom. The van der Waals surface area contributed by atoms with Gasteiger partial charge in [0.1, 0.15) is 5.82 Å². The molecule has 1 aliphatic rings. The van der Waals surface area contributed by atoms with Crippen molar-refractivity contribution in [2.75, 3.05) is 31.1 Å². The van der Waals surface area contributed by atoms with Crippen molar-refractivity contribution in [3.8, 4) is 0 Å². The Bertz CT molecular complexity index is 541. The number of fused-ring (bicyclic) bond motifs is 1. The number of nitrogens with zero attached hydrogens (tertiary/aromatic N) is 2. The first-order chi connectivity index (χ1) is 8.34. The summed E-state index contributed by atoms with van der Waals surface area (Å²) < 4.78 is 13.1. The second-order valence-electron chi connectivity index (χ2n) is 4.23. The molecule has 0 spiro atoms. The number of rotatable bonds is 1. The highest BCUT2D eigenvalue weighted by molar-refractivity contribution is 5.91. The van der Waals surface area contributed by atoms with Gasteiger partial charge in [-0.1, -0.05) is 0 Å². The fraction of sp³-hybridized carbons (Fsp3) is 0.308. The lowest BCUT2D eigenvalue weighted by Crippen LogP contribution is -2.43. The van der Waals surface area contributed by atoms with Gasteiger partial charge in [0.25, 0.3) is 0 Å². The van der Waals surface area contributed by atoms with Gasteiger partial charge in [-0.25, -0.2) is 4.39 Å². The summed E-state index contributed by atoms with van der Waals surface area (Å²) in [4.78, 5) is 6.53. The predicted octanol–water partition coefficient (Wildman–Crippen LogP) is 2.21. The smallest absolute Gasteiger partial charge is 0.125 e. The Morgan fingerprint density at radius 2 is 1.94 bits per heavy atom. The van der Waals surface area contributed by atoms with E-state index >= 15 is 0 Å². The minimum Gasteiger partial charge on any atom is -0.368 e. The first kappa shape index (κ1) is 13.1. The van der Waals surface area contributed by atoms with E-state index in [4.69, 9.17) is 0 Å².